The molecule has 15 heavy (non-hydrogen) atoms. The molecule has 0 aromatic heterocycles. The zero-order chi connectivity index (χ0) is 10.9. The summed E-state index contributed by atoms with van der Waals surface area (Å²) in [4.78, 5) is 17.6. The van der Waals surface area contributed by atoms with Gasteiger partial charge in [0.2, 0.25) is 0 Å². The van der Waals surface area contributed by atoms with Gasteiger partial charge in [-0.3, -0.25) is 9.63 Å². The van der Waals surface area contributed by atoms with E-state index in [-0.39, 0.29) is 11.9 Å². The Morgan fingerprint density at radius 2 is 2.27 bits per heavy atom. The van der Waals surface area contributed by atoms with Crippen molar-refractivity contribution in [3.8, 4) is 0 Å². The summed E-state index contributed by atoms with van der Waals surface area (Å²) in [7, 11) is 0. The van der Waals surface area contributed by atoms with Crippen LogP contribution in [0.4, 0.5) is 0 Å². The molecule has 0 spiro atoms. The van der Waals surface area contributed by atoms with E-state index in [1.54, 1.807) is 0 Å². The molecule has 2 aliphatic rings. The van der Waals surface area contributed by atoms with Crippen LogP contribution in [0.5, 0.6) is 0 Å². The van der Waals surface area contributed by atoms with Crippen molar-refractivity contribution in [1.29, 1.82) is 0 Å². The van der Waals surface area contributed by atoms with E-state index in [0.717, 1.165) is 38.6 Å². The maximum absolute atomic E-state index is 12.3. The van der Waals surface area contributed by atoms with Crippen LogP contribution in [0.1, 0.15) is 39.0 Å². The van der Waals surface area contributed by atoms with E-state index in [1.807, 2.05) is 6.92 Å². The number of carbonyl (C=O) groups excluding carboxylic acids is 1. The van der Waals surface area contributed by atoms with Crippen molar-refractivity contribution in [2.24, 2.45) is 11.1 Å². The van der Waals surface area contributed by atoms with Crippen LogP contribution in [0.2, 0.25) is 0 Å². The molecule has 2 unspecified atom stereocenters. The van der Waals surface area contributed by atoms with E-state index in [4.69, 9.17) is 10.6 Å². The van der Waals surface area contributed by atoms with Crippen molar-refractivity contribution in [3.63, 3.8) is 0 Å². The van der Waals surface area contributed by atoms with Crippen LogP contribution in [-0.4, -0.2) is 30.2 Å². The number of nitrogens with zero attached hydrogens (tertiary/aromatic N) is 1. The first-order chi connectivity index (χ1) is 7.14. The second kappa shape index (κ2) is 4.10. The highest BCUT2D eigenvalue weighted by molar-refractivity contribution is 5.82. The lowest BCUT2D eigenvalue weighted by molar-refractivity contribution is -0.206. The predicted molar refractivity (Wildman–Crippen MR) is 56.8 cm³/mol. The van der Waals surface area contributed by atoms with Crippen LogP contribution in [-0.2, 0) is 9.63 Å². The summed E-state index contributed by atoms with van der Waals surface area (Å²) >= 11 is 0. The number of amides is 1. The summed E-state index contributed by atoms with van der Waals surface area (Å²) in [6.07, 6.45) is 4.99. The van der Waals surface area contributed by atoms with Crippen LogP contribution >= 0.6 is 0 Å². The quantitative estimate of drug-likeness (QED) is 0.707. The number of hydrogen-bond acceptors (Lipinski definition) is 3. The molecule has 2 rings (SSSR count). The summed E-state index contributed by atoms with van der Waals surface area (Å²) in [6, 6.07) is -0.00414. The van der Waals surface area contributed by atoms with Gasteiger partial charge >= 0.3 is 0 Å². The van der Waals surface area contributed by atoms with Crippen LogP contribution in [0.15, 0.2) is 0 Å². The van der Waals surface area contributed by atoms with Crippen molar-refractivity contribution in [2.75, 3.05) is 13.2 Å². The number of hydroxylamine groups is 2. The third-order valence-corrected chi connectivity index (χ3v) is 3.75. The van der Waals surface area contributed by atoms with Crippen LogP contribution in [0.3, 0.4) is 0 Å². The van der Waals surface area contributed by atoms with Crippen molar-refractivity contribution in [1.82, 2.24) is 5.06 Å². The van der Waals surface area contributed by atoms with E-state index in [1.165, 1.54) is 5.06 Å². The molecule has 4 heteroatoms. The summed E-state index contributed by atoms with van der Waals surface area (Å²) in [5.41, 5.74) is 5.63. The number of rotatable bonds is 1. The Bertz CT molecular complexity index is 251. The fourth-order valence-electron chi connectivity index (χ4n) is 2.50. The van der Waals surface area contributed by atoms with Crippen molar-refractivity contribution >= 4 is 5.91 Å². The van der Waals surface area contributed by atoms with E-state index in [0.29, 0.717) is 6.61 Å². The molecule has 0 aromatic rings. The molecule has 2 N–H and O–H groups in total. The van der Waals surface area contributed by atoms with E-state index < -0.39 is 5.41 Å². The van der Waals surface area contributed by atoms with Gasteiger partial charge in [0.05, 0.1) is 12.0 Å². The van der Waals surface area contributed by atoms with E-state index in [2.05, 4.69) is 0 Å². The second-order valence-electron chi connectivity index (χ2n) is 4.86. The second-order valence-corrected chi connectivity index (χ2v) is 4.86. The van der Waals surface area contributed by atoms with Gasteiger partial charge in [-0.1, -0.05) is 6.42 Å². The minimum absolute atomic E-state index is 0.00414. The maximum Gasteiger partial charge on any atom is 0.253 e. The maximum atomic E-state index is 12.3. The van der Waals surface area contributed by atoms with Gasteiger partial charge < -0.3 is 5.73 Å². The van der Waals surface area contributed by atoms with Gasteiger partial charge in [0.25, 0.3) is 5.91 Å². The fraction of sp³-hybridized carbons (Fsp3) is 0.909. The normalized spacial score (nSPS) is 36.9. The molecule has 1 heterocycles. The third-order valence-electron chi connectivity index (χ3n) is 3.75. The van der Waals surface area contributed by atoms with Crippen LogP contribution in [0, 0.1) is 5.41 Å². The largest absolute Gasteiger partial charge is 0.327 e. The standard InChI is InChI=1S/C11H20N2O2/c1-11(6-4-5-9(11)12)10(14)13-7-2-3-8-15-13/h9H,2-8,12H2,1H3. The first-order valence-electron chi connectivity index (χ1n) is 5.85. The molecule has 86 valence electrons. The molecule has 0 bridgehead atoms. The average Bonchev–Trinajstić information content (AvgIpc) is 2.61. The molecule has 2 fully saturated rings. The Morgan fingerprint density at radius 3 is 2.80 bits per heavy atom. The van der Waals surface area contributed by atoms with Crippen LogP contribution < -0.4 is 5.73 Å². The minimum Gasteiger partial charge on any atom is -0.327 e. The van der Waals surface area contributed by atoms with Gasteiger partial charge in [-0.05, 0) is 32.6 Å². The Kier molecular flexibility index (Phi) is 2.98. The first kappa shape index (κ1) is 10.9. The van der Waals surface area contributed by atoms with Crippen molar-refractivity contribution < 1.29 is 9.63 Å². The molecule has 0 aromatic carbocycles. The number of nitrogens with two attached hydrogens (primary N) is 1. The summed E-state index contributed by atoms with van der Waals surface area (Å²) < 4.78 is 0. The van der Waals surface area contributed by atoms with E-state index >= 15 is 0 Å². The topological polar surface area (TPSA) is 55.6 Å². The van der Waals surface area contributed by atoms with Gasteiger partial charge in [-0.2, -0.15) is 0 Å². The van der Waals surface area contributed by atoms with Crippen molar-refractivity contribution in [2.45, 2.75) is 45.1 Å². The smallest absolute Gasteiger partial charge is 0.253 e. The Balaban J connectivity index is 2.05. The molecule has 1 saturated heterocycles. The molecule has 2 atom stereocenters. The average molecular weight is 212 g/mol. The zero-order valence-electron chi connectivity index (χ0n) is 9.37. The molecular formula is C11H20N2O2. The molecule has 0 radical (unpaired) electrons. The van der Waals surface area contributed by atoms with E-state index in [9.17, 15) is 4.79 Å². The fourth-order valence-corrected chi connectivity index (χ4v) is 2.50. The minimum atomic E-state index is -0.392. The Hall–Kier alpha value is -0.610. The van der Waals surface area contributed by atoms with Crippen LogP contribution in [0.25, 0.3) is 0 Å². The molecule has 1 saturated carbocycles. The Labute approximate surface area is 90.7 Å². The molecular weight excluding hydrogens is 192 g/mol. The van der Waals surface area contributed by atoms with Gasteiger partial charge in [-0.25, -0.2) is 5.06 Å². The van der Waals surface area contributed by atoms with Gasteiger partial charge in [0.1, 0.15) is 0 Å². The molecule has 1 aliphatic carbocycles. The van der Waals surface area contributed by atoms with Gasteiger partial charge in [-0.15, -0.1) is 0 Å². The number of hydrogen-bond donors (Lipinski definition) is 1. The lowest BCUT2D eigenvalue weighted by atomic mass is 9.84. The lowest BCUT2D eigenvalue weighted by Gasteiger charge is -2.35. The predicted octanol–water partition coefficient (Wildman–Crippen LogP) is 1.06. The van der Waals surface area contributed by atoms with Gasteiger partial charge in [0, 0.05) is 12.6 Å². The first-order valence-corrected chi connectivity index (χ1v) is 5.85. The summed E-state index contributed by atoms with van der Waals surface area (Å²) in [5, 5.41) is 1.54. The monoisotopic (exact) mass is 212 g/mol. The third kappa shape index (κ3) is 1.88. The molecule has 4 nitrogen and oxygen atoms in total. The Morgan fingerprint density at radius 1 is 1.47 bits per heavy atom. The molecule has 1 amide bonds. The van der Waals surface area contributed by atoms with Crippen molar-refractivity contribution in [3.05, 3.63) is 0 Å². The molecule has 1 aliphatic heterocycles. The SMILES string of the molecule is CC1(C(=O)N2CCCCO2)CCCC1N. The number of carbonyl (C=O) groups is 1. The highest BCUT2D eigenvalue weighted by Gasteiger charge is 2.45. The summed E-state index contributed by atoms with van der Waals surface area (Å²) in [6.45, 7) is 3.36. The zero-order valence-corrected chi connectivity index (χ0v) is 9.37. The van der Waals surface area contributed by atoms with Gasteiger partial charge in [0.15, 0.2) is 0 Å². The summed E-state index contributed by atoms with van der Waals surface area (Å²) in [5.74, 6) is 0.0900. The highest BCUT2D eigenvalue weighted by Crippen LogP contribution is 2.38. The lowest BCUT2D eigenvalue weighted by Crippen LogP contribution is -2.50. The highest BCUT2D eigenvalue weighted by atomic mass is 16.7.